The first kappa shape index (κ1) is 15.4. The number of benzene rings is 1. The standard InChI is InChI=1S/C16H22F3N/c1-11-5-3-4-6-15(11)12(2)20-14-9-7-13(8-10-14)16(17,18)19/h3-6,12-14,20H,7-10H2,1-2H3/t12-,13?,14?/m0/s1. The molecule has 0 radical (unpaired) electrons. The van der Waals surface area contributed by atoms with Gasteiger partial charge in [0.25, 0.3) is 0 Å². The summed E-state index contributed by atoms with van der Waals surface area (Å²) in [6, 6.07) is 8.52. The molecule has 112 valence electrons. The van der Waals surface area contributed by atoms with Crippen LogP contribution < -0.4 is 5.32 Å². The quantitative estimate of drug-likeness (QED) is 0.843. The Kier molecular flexibility index (Phi) is 4.74. The third kappa shape index (κ3) is 3.75. The van der Waals surface area contributed by atoms with Crippen molar-refractivity contribution in [1.29, 1.82) is 0 Å². The van der Waals surface area contributed by atoms with E-state index in [2.05, 4.69) is 31.3 Å². The second-order valence-electron chi connectivity index (χ2n) is 5.84. The van der Waals surface area contributed by atoms with Crippen LogP contribution >= 0.6 is 0 Å². The second kappa shape index (κ2) is 6.17. The topological polar surface area (TPSA) is 12.0 Å². The maximum Gasteiger partial charge on any atom is 0.391 e. The molecule has 1 saturated carbocycles. The minimum Gasteiger partial charge on any atom is -0.307 e. The van der Waals surface area contributed by atoms with Crippen molar-refractivity contribution >= 4 is 0 Å². The fraction of sp³-hybridized carbons (Fsp3) is 0.625. The zero-order chi connectivity index (χ0) is 14.8. The van der Waals surface area contributed by atoms with Gasteiger partial charge in [-0.05, 0) is 50.7 Å². The van der Waals surface area contributed by atoms with E-state index in [4.69, 9.17) is 0 Å². The Bertz CT molecular complexity index is 434. The fourth-order valence-electron chi connectivity index (χ4n) is 3.10. The summed E-state index contributed by atoms with van der Waals surface area (Å²) in [4.78, 5) is 0. The zero-order valence-corrected chi connectivity index (χ0v) is 12.0. The minimum absolute atomic E-state index is 0.184. The first-order valence-corrected chi connectivity index (χ1v) is 7.26. The number of alkyl halides is 3. The molecular weight excluding hydrogens is 263 g/mol. The van der Waals surface area contributed by atoms with Gasteiger partial charge in [0, 0.05) is 12.1 Å². The highest BCUT2D eigenvalue weighted by Crippen LogP contribution is 2.37. The predicted octanol–water partition coefficient (Wildman–Crippen LogP) is 4.77. The normalized spacial score (nSPS) is 25.4. The van der Waals surface area contributed by atoms with Crippen molar-refractivity contribution in [3.8, 4) is 0 Å². The van der Waals surface area contributed by atoms with Crippen molar-refractivity contribution in [3.05, 3.63) is 35.4 Å². The van der Waals surface area contributed by atoms with E-state index in [9.17, 15) is 13.2 Å². The molecule has 20 heavy (non-hydrogen) atoms. The monoisotopic (exact) mass is 285 g/mol. The van der Waals surface area contributed by atoms with E-state index in [1.54, 1.807) is 0 Å². The van der Waals surface area contributed by atoms with Crippen molar-refractivity contribution in [3.63, 3.8) is 0 Å². The maximum atomic E-state index is 12.6. The van der Waals surface area contributed by atoms with E-state index < -0.39 is 12.1 Å². The molecule has 2 rings (SSSR count). The van der Waals surface area contributed by atoms with Crippen LogP contribution in [0.3, 0.4) is 0 Å². The van der Waals surface area contributed by atoms with Crippen molar-refractivity contribution in [2.24, 2.45) is 5.92 Å². The van der Waals surface area contributed by atoms with Crippen LogP contribution in [0.1, 0.15) is 49.8 Å². The van der Waals surface area contributed by atoms with Gasteiger partial charge in [0.05, 0.1) is 5.92 Å². The molecule has 1 aliphatic carbocycles. The number of nitrogens with one attached hydrogen (secondary N) is 1. The lowest BCUT2D eigenvalue weighted by atomic mass is 9.85. The average molecular weight is 285 g/mol. The van der Waals surface area contributed by atoms with Crippen LogP contribution in [0, 0.1) is 12.8 Å². The van der Waals surface area contributed by atoms with E-state index >= 15 is 0 Å². The lowest BCUT2D eigenvalue weighted by Gasteiger charge is -2.32. The lowest BCUT2D eigenvalue weighted by molar-refractivity contribution is -0.182. The van der Waals surface area contributed by atoms with Gasteiger partial charge in [0.1, 0.15) is 0 Å². The largest absolute Gasteiger partial charge is 0.391 e. The molecule has 1 N–H and O–H groups in total. The molecular formula is C16H22F3N. The predicted molar refractivity (Wildman–Crippen MR) is 74.5 cm³/mol. The SMILES string of the molecule is Cc1ccccc1[C@H](C)NC1CCC(C(F)(F)F)CC1. The Morgan fingerprint density at radius 3 is 2.25 bits per heavy atom. The van der Waals surface area contributed by atoms with Gasteiger partial charge < -0.3 is 5.32 Å². The highest BCUT2D eigenvalue weighted by atomic mass is 19.4. The molecule has 1 aromatic carbocycles. The Balaban J connectivity index is 1.88. The Hall–Kier alpha value is -1.03. The van der Waals surface area contributed by atoms with Crippen LogP contribution in [0.15, 0.2) is 24.3 Å². The van der Waals surface area contributed by atoms with Crippen LogP contribution in [-0.4, -0.2) is 12.2 Å². The van der Waals surface area contributed by atoms with Crippen molar-refractivity contribution in [2.45, 2.75) is 57.8 Å². The second-order valence-corrected chi connectivity index (χ2v) is 5.84. The van der Waals surface area contributed by atoms with Gasteiger partial charge in [0.2, 0.25) is 0 Å². The van der Waals surface area contributed by atoms with Crippen molar-refractivity contribution in [1.82, 2.24) is 5.32 Å². The van der Waals surface area contributed by atoms with Gasteiger partial charge in [-0.25, -0.2) is 0 Å². The molecule has 0 heterocycles. The van der Waals surface area contributed by atoms with Crippen LogP contribution in [-0.2, 0) is 0 Å². The lowest BCUT2D eigenvalue weighted by Crippen LogP contribution is -2.38. The number of halogens is 3. The van der Waals surface area contributed by atoms with E-state index in [1.165, 1.54) is 11.1 Å². The van der Waals surface area contributed by atoms with Crippen LogP contribution in [0.2, 0.25) is 0 Å². The molecule has 1 aliphatic rings. The molecule has 1 nitrogen and oxygen atoms in total. The van der Waals surface area contributed by atoms with Crippen LogP contribution in [0.25, 0.3) is 0 Å². The van der Waals surface area contributed by atoms with E-state index in [1.807, 2.05) is 12.1 Å². The summed E-state index contributed by atoms with van der Waals surface area (Å²) in [5.74, 6) is -1.10. The van der Waals surface area contributed by atoms with Gasteiger partial charge in [-0.3, -0.25) is 0 Å². The molecule has 0 spiro atoms. The number of rotatable bonds is 3. The van der Waals surface area contributed by atoms with Crippen molar-refractivity contribution < 1.29 is 13.2 Å². The van der Waals surface area contributed by atoms with Gasteiger partial charge >= 0.3 is 6.18 Å². The number of hydrogen-bond acceptors (Lipinski definition) is 1. The fourth-order valence-corrected chi connectivity index (χ4v) is 3.10. The van der Waals surface area contributed by atoms with Crippen LogP contribution in [0.5, 0.6) is 0 Å². The van der Waals surface area contributed by atoms with Crippen molar-refractivity contribution in [2.75, 3.05) is 0 Å². The van der Waals surface area contributed by atoms with Gasteiger partial charge in [-0.15, -0.1) is 0 Å². The third-order valence-electron chi connectivity index (χ3n) is 4.33. The smallest absolute Gasteiger partial charge is 0.307 e. The molecule has 1 atom stereocenters. The molecule has 0 unspecified atom stereocenters. The molecule has 0 bridgehead atoms. The molecule has 1 fully saturated rings. The van der Waals surface area contributed by atoms with Gasteiger partial charge in [0.15, 0.2) is 0 Å². The van der Waals surface area contributed by atoms with E-state index in [0.29, 0.717) is 12.8 Å². The summed E-state index contributed by atoms with van der Waals surface area (Å²) in [6.07, 6.45) is -2.29. The Labute approximate surface area is 118 Å². The summed E-state index contributed by atoms with van der Waals surface area (Å²) >= 11 is 0. The highest BCUT2D eigenvalue weighted by Gasteiger charge is 2.41. The van der Waals surface area contributed by atoms with E-state index in [0.717, 1.165) is 0 Å². The molecule has 0 aliphatic heterocycles. The molecule has 0 aromatic heterocycles. The van der Waals surface area contributed by atoms with Gasteiger partial charge in [-0.2, -0.15) is 13.2 Å². The maximum absolute atomic E-state index is 12.6. The minimum atomic E-state index is -4.02. The number of hydrogen-bond donors (Lipinski definition) is 1. The van der Waals surface area contributed by atoms with Crippen LogP contribution in [0.4, 0.5) is 13.2 Å². The Morgan fingerprint density at radius 2 is 1.70 bits per heavy atom. The third-order valence-corrected chi connectivity index (χ3v) is 4.33. The summed E-state index contributed by atoms with van der Waals surface area (Å²) in [5.41, 5.74) is 2.45. The first-order chi connectivity index (χ1) is 9.38. The molecule has 0 amide bonds. The molecule has 1 aromatic rings. The summed E-state index contributed by atoms with van der Waals surface area (Å²) < 4.78 is 37.9. The summed E-state index contributed by atoms with van der Waals surface area (Å²) in [7, 11) is 0. The van der Waals surface area contributed by atoms with Gasteiger partial charge in [-0.1, -0.05) is 24.3 Å². The highest BCUT2D eigenvalue weighted by molar-refractivity contribution is 5.28. The van der Waals surface area contributed by atoms with E-state index in [-0.39, 0.29) is 24.9 Å². The molecule has 0 saturated heterocycles. The zero-order valence-electron chi connectivity index (χ0n) is 12.0. The first-order valence-electron chi connectivity index (χ1n) is 7.26. The summed E-state index contributed by atoms with van der Waals surface area (Å²) in [6.45, 7) is 4.15. The molecule has 4 heteroatoms. The average Bonchev–Trinajstić information content (AvgIpc) is 2.38. The Morgan fingerprint density at radius 1 is 1.10 bits per heavy atom. The summed E-state index contributed by atoms with van der Waals surface area (Å²) in [5, 5.41) is 3.48. The number of aryl methyl sites for hydroxylation is 1.